The molecule has 2 aromatic rings. The number of halogens is 2. The van der Waals surface area contributed by atoms with Crippen LogP contribution in [0, 0.1) is 13.8 Å². The Kier molecular flexibility index (Phi) is 5.92. The molecule has 0 saturated carbocycles. The second-order valence-corrected chi connectivity index (χ2v) is 7.78. The van der Waals surface area contributed by atoms with Gasteiger partial charge in [-0.15, -0.1) is 0 Å². The van der Waals surface area contributed by atoms with Gasteiger partial charge in [-0.1, -0.05) is 0 Å². The van der Waals surface area contributed by atoms with E-state index >= 15 is 0 Å². The monoisotopic (exact) mass is 427 g/mol. The van der Waals surface area contributed by atoms with Crippen molar-refractivity contribution in [2.75, 3.05) is 14.1 Å². The molecule has 2 heterocycles. The normalized spacial score (nSPS) is 11.3. The molecule has 0 aliphatic rings. The second-order valence-electron chi connectivity index (χ2n) is 4.07. The van der Waals surface area contributed by atoms with Gasteiger partial charge in [0.05, 0.1) is 27.0 Å². The number of hydrogen-bond donors (Lipinski definition) is 1. The van der Waals surface area contributed by atoms with Crippen LogP contribution in [0.1, 0.15) is 11.4 Å². The van der Waals surface area contributed by atoms with Crippen molar-refractivity contribution in [3.05, 3.63) is 32.7 Å². The maximum Gasteiger partial charge on any atom is 0.322 e. The molecule has 7 nitrogen and oxygen atoms in total. The lowest BCUT2D eigenvalue weighted by Gasteiger charge is -2.09. The zero-order chi connectivity index (χ0) is 15.5. The third kappa shape index (κ3) is 4.14. The third-order valence-electron chi connectivity index (χ3n) is 2.28. The van der Waals surface area contributed by atoms with Crippen LogP contribution >= 0.6 is 31.9 Å². The van der Waals surface area contributed by atoms with E-state index in [4.69, 9.17) is 0 Å². The molecular weight excluding hydrogens is 414 g/mol. The number of aromatic nitrogens is 4. The van der Waals surface area contributed by atoms with Gasteiger partial charge in [-0.25, -0.2) is 0 Å². The van der Waals surface area contributed by atoms with Crippen LogP contribution in [0.5, 0.6) is 0 Å². The molecule has 2 aromatic heterocycles. The highest BCUT2D eigenvalue weighted by Gasteiger charge is 2.18. The molecule has 0 atom stereocenters. The molecule has 20 heavy (non-hydrogen) atoms. The first-order valence-electron chi connectivity index (χ1n) is 5.46. The molecule has 0 unspecified atom stereocenters. The molecule has 1 N–H and O–H groups in total. The van der Waals surface area contributed by atoms with Crippen molar-refractivity contribution >= 4 is 42.1 Å². The first-order chi connectivity index (χ1) is 9.16. The molecule has 0 saturated heterocycles. The lowest BCUT2D eigenvalue weighted by atomic mass is 10.5. The van der Waals surface area contributed by atoms with Gasteiger partial charge in [0.1, 0.15) is 0 Å². The fourth-order valence-electron chi connectivity index (χ4n) is 1.04. The maximum absolute atomic E-state index is 11.5. The fourth-order valence-corrected chi connectivity index (χ4v) is 2.44. The highest BCUT2D eigenvalue weighted by molar-refractivity contribution is 9.10. The summed E-state index contributed by atoms with van der Waals surface area (Å²) in [6.07, 6.45) is 3.15. The minimum atomic E-state index is -3.47. The number of rotatable bonds is 2. The summed E-state index contributed by atoms with van der Waals surface area (Å²) >= 11 is 6.46. The van der Waals surface area contributed by atoms with E-state index in [2.05, 4.69) is 47.2 Å². The SMILES string of the molecule is Cc1[nH]ncc1Br.Cc1nn(S(=O)(=O)N(C)C)cc1Br. The van der Waals surface area contributed by atoms with Gasteiger partial charge in [-0.05, 0) is 45.7 Å². The summed E-state index contributed by atoms with van der Waals surface area (Å²) in [6, 6.07) is 0. The van der Waals surface area contributed by atoms with Gasteiger partial charge in [0.15, 0.2) is 0 Å². The van der Waals surface area contributed by atoms with Crippen molar-refractivity contribution in [1.82, 2.24) is 23.7 Å². The average molecular weight is 429 g/mol. The number of nitrogens with one attached hydrogen (secondary N) is 1. The minimum Gasteiger partial charge on any atom is -0.282 e. The average Bonchev–Trinajstić information content (AvgIpc) is 2.88. The Bertz CT molecular complexity index is 642. The molecule has 0 aliphatic heterocycles. The molecule has 0 spiro atoms. The summed E-state index contributed by atoms with van der Waals surface area (Å²) in [7, 11) is -0.553. The smallest absolute Gasteiger partial charge is 0.282 e. The Balaban J connectivity index is 0.000000240. The van der Waals surface area contributed by atoms with Crippen molar-refractivity contribution in [1.29, 1.82) is 0 Å². The van der Waals surface area contributed by atoms with E-state index in [-0.39, 0.29) is 0 Å². The van der Waals surface area contributed by atoms with Crippen LogP contribution in [0.4, 0.5) is 0 Å². The van der Waals surface area contributed by atoms with Crippen molar-refractivity contribution in [2.45, 2.75) is 13.8 Å². The number of aromatic amines is 1. The van der Waals surface area contributed by atoms with E-state index in [1.807, 2.05) is 6.92 Å². The van der Waals surface area contributed by atoms with Crippen LogP contribution < -0.4 is 0 Å². The summed E-state index contributed by atoms with van der Waals surface area (Å²) in [5.41, 5.74) is 1.71. The van der Waals surface area contributed by atoms with Crippen molar-refractivity contribution < 1.29 is 8.42 Å². The van der Waals surface area contributed by atoms with Crippen molar-refractivity contribution in [2.24, 2.45) is 0 Å². The fraction of sp³-hybridized carbons (Fsp3) is 0.400. The van der Waals surface area contributed by atoms with Gasteiger partial charge >= 0.3 is 10.2 Å². The van der Waals surface area contributed by atoms with Gasteiger partial charge in [0, 0.05) is 19.8 Å². The Morgan fingerprint density at radius 3 is 2.10 bits per heavy atom. The molecule has 0 radical (unpaired) electrons. The van der Waals surface area contributed by atoms with Crippen LogP contribution in [0.2, 0.25) is 0 Å². The lowest BCUT2D eigenvalue weighted by Crippen LogP contribution is -2.29. The Morgan fingerprint density at radius 1 is 1.25 bits per heavy atom. The number of nitrogens with zero attached hydrogens (tertiary/aromatic N) is 4. The lowest BCUT2D eigenvalue weighted by molar-refractivity contribution is 0.503. The molecule has 0 fully saturated rings. The molecule has 0 bridgehead atoms. The van der Waals surface area contributed by atoms with E-state index in [9.17, 15) is 8.42 Å². The maximum atomic E-state index is 11.5. The van der Waals surface area contributed by atoms with E-state index in [1.54, 1.807) is 13.1 Å². The molecule has 10 heteroatoms. The molecular formula is C10H15Br2N5O2S. The zero-order valence-corrected chi connectivity index (χ0v) is 15.4. The van der Waals surface area contributed by atoms with E-state index < -0.39 is 10.2 Å². The van der Waals surface area contributed by atoms with Gasteiger partial charge in [-0.3, -0.25) is 5.10 Å². The summed E-state index contributed by atoms with van der Waals surface area (Å²) in [5.74, 6) is 0. The topological polar surface area (TPSA) is 83.9 Å². The largest absolute Gasteiger partial charge is 0.322 e. The van der Waals surface area contributed by atoms with E-state index in [1.165, 1.54) is 20.3 Å². The number of aryl methyl sites for hydroxylation is 2. The van der Waals surface area contributed by atoms with Gasteiger partial charge in [0.25, 0.3) is 0 Å². The summed E-state index contributed by atoms with van der Waals surface area (Å²) in [5, 5.41) is 10.4. The highest BCUT2D eigenvalue weighted by atomic mass is 79.9. The van der Waals surface area contributed by atoms with Crippen LogP contribution in [-0.2, 0) is 10.2 Å². The Labute approximate surface area is 134 Å². The summed E-state index contributed by atoms with van der Waals surface area (Å²) < 4.78 is 26.8. The quantitative estimate of drug-likeness (QED) is 0.793. The van der Waals surface area contributed by atoms with Crippen molar-refractivity contribution in [3.63, 3.8) is 0 Å². The van der Waals surface area contributed by atoms with Gasteiger partial charge in [0.2, 0.25) is 0 Å². The predicted octanol–water partition coefficient (Wildman–Crippen LogP) is 2.09. The van der Waals surface area contributed by atoms with E-state index in [0.29, 0.717) is 10.2 Å². The first kappa shape index (κ1) is 17.3. The zero-order valence-electron chi connectivity index (χ0n) is 11.4. The van der Waals surface area contributed by atoms with Crippen LogP contribution in [0.3, 0.4) is 0 Å². The van der Waals surface area contributed by atoms with Gasteiger partial charge < -0.3 is 0 Å². The molecule has 2 rings (SSSR count). The third-order valence-corrected chi connectivity index (χ3v) is 5.44. The summed E-state index contributed by atoms with van der Waals surface area (Å²) in [4.78, 5) is 0. The minimum absolute atomic E-state index is 0.644. The van der Waals surface area contributed by atoms with E-state index in [0.717, 1.165) is 18.6 Å². The first-order valence-corrected chi connectivity index (χ1v) is 8.44. The molecule has 0 aromatic carbocycles. The molecule has 0 amide bonds. The molecule has 112 valence electrons. The highest BCUT2D eigenvalue weighted by Crippen LogP contribution is 2.15. The van der Waals surface area contributed by atoms with Crippen LogP contribution in [0.15, 0.2) is 21.3 Å². The second kappa shape index (κ2) is 6.83. The predicted molar refractivity (Wildman–Crippen MR) is 83.7 cm³/mol. The number of H-pyrrole nitrogens is 1. The number of hydrogen-bond acceptors (Lipinski definition) is 4. The van der Waals surface area contributed by atoms with Crippen LogP contribution in [0.25, 0.3) is 0 Å². The van der Waals surface area contributed by atoms with Crippen LogP contribution in [-0.4, -0.2) is 46.2 Å². The summed E-state index contributed by atoms with van der Waals surface area (Å²) in [6.45, 7) is 3.68. The van der Waals surface area contributed by atoms with Crippen molar-refractivity contribution in [3.8, 4) is 0 Å². The Morgan fingerprint density at radius 2 is 1.85 bits per heavy atom. The van der Waals surface area contributed by atoms with Gasteiger partial charge in [-0.2, -0.15) is 27.0 Å². The molecule has 0 aliphatic carbocycles. The standard InChI is InChI=1S/C6H10BrN3O2S.C4H5BrN2/c1-5-6(7)4-10(8-5)13(11,12)9(2)3;1-3-4(5)2-6-7-3/h4H,1-3H3;2H,1H3,(H,6,7). The Hall–Kier alpha value is -0.710.